The summed E-state index contributed by atoms with van der Waals surface area (Å²) in [6.07, 6.45) is 1.71. The van der Waals surface area contributed by atoms with E-state index in [0.29, 0.717) is 17.9 Å². The molecule has 1 aromatic carbocycles. The lowest BCUT2D eigenvalue weighted by atomic mass is 10.1. The van der Waals surface area contributed by atoms with E-state index in [2.05, 4.69) is 4.98 Å². The molecule has 0 unspecified atom stereocenters. The molecule has 1 aliphatic heterocycles. The number of rotatable bonds is 2. The molecular weight excluding hydrogens is 302 g/mol. The Balaban J connectivity index is 1.93. The van der Waals surface area contributed by atoms with Crippen LogP contribution in [-0.4, -0.2) is 28.1 Å². The maximum atomic E-state index is 11.8. The lowest BCUT2D eigenvalue weighted by molar-refractivity contribution is -0.116. The molecule has 0 bridgehead atoms. The molecule has 0 radical (unpaired) electrons. The van der Waals surface area contributed by atoms with Crippen molar-refractivity contribution in [3.05, 3.63) is 53.3 Å². The highest BCUT2D eigenvalue weighted by molar-refractivity contribution is 5.95. The van der Waals surface area contributed by atoms with Gasteiger partial charge >= 0.3 is 0 Å². The molecule has 0 saturated heterocycles. The highest BCUT2D eigenvalue weighted by atomic mass is 16.2. The van der Waals surface area contributed by atoms with E-state index in [-0.39, 0.29) is 5.91 Å². The number of imidazole rings is 1. The number of pyridine rings is 1. The van der Waals surface area contributed by atoms with Crippen molar-refractivity contribution in [3.63, 3.8) is 0 Å². The minimum Gasteiger partial charge on any atom is -0.312 e. The van der Waals surface area contributed by atoms with Crippen molar-refractivity contribution in [2.45, 2.75) is 20.3 Å². The maximum Gasteiger partial charge on any atom is 0.223 e. The Bertz CT molecular complexity index is 988. The van der Waals surface area contributed by atoms with Crippen LogP contribution < -0.4 is 4.90 Å². The van der Waals surface area contributed by atoms with Crippen LogP contribution in [0.2, 0.25) is 0 Å². The normalized spacial score (nSPS) is 13.3. The third kappa shape index (κ3) is 2.05. The highest BCUT2D eigenvalue weighted by Crippen LogP contribution is 2.34. The van der Waals surface area contributed by atoms with Gasteiger partial charge in [-0.2, -0.15) is 0 Å². The van der Waals surface area contributed by atoms with Crippen molar-refractivity contribution in [2.75, 3.05) is 11.4 Å². The van der Waals surface area contributed by atoms with E-state index in [1.54, 1.807) is 11.8 Å². The maximum absolute atomic E-state index is 11.8. The minimum absolute atomic E-state index is 0.0346. The molecule has 1 aliphatic rings. The van der Waals surface area contributed by atoms with E-state index in [1.165, 1.54) is 0 Å². The van der Waals surface area contributed by atoms with Crippen molar-refractivity contribution >= 4 is 23.5 Å². The molecule has 0 fully saturated rings. The second-order valence-electron chi connectivity index (χ2n) is 6.09. The van der Waals surface area contributed by atoms with Crippen molar-refractivity contribution in [3.8, 4) is 11.3 Å². The minimum atomic E-state index is 0.0346. The molecule has 5 heteroatoms. The number of amides is 1. The van der Waals surface area contributed by atoms with Gasteiger partial charge in [-0.25, -0.2) is 4.98 Å². The standard InChI is InChI=1S/C19H17N3O2/c1-12-4-3-5-18-20-19(17(11-23)22(12)18)15-7-6-14-8-9-21(13(2)24)16(14)10-15/h3-7,10-11H,8-9H2,1-2H3. The Hall–Kier alpha value is -2.95. The Morgan fingerprint density at radius 1 is 1.25 bits per heavy atom. The van der Waals surface area contributed by atoms with E-state index < -0.39 is 0 Å². The van der Waals surface area contributed by atoms with Crippen molar-refractivity contribution < 1.29 is 9.59 Å². The molecule has 0 spiro atoms. The second-order valence-corrected chi connectivity index (χ2v) is 6.09. The lowest BCUT2D eigenvalue weighted by Gasteiger charge is -2.15. The first-order valence-corrected chi connectivity index (χ1v) is 7.95. The number of aldehydes is 1. The number of carbonyl (C=O) groups excluding carboxylic acids is 2. The molecule has 0 atom stereocenters. The zero-order valence-electron chi connectivity index (χ0n) is 13.6. The van der Waals surface area contributed by atoms with Crippen LogP contribution in [0.15, 0.2) is 36.4 Å². The Morgan fingerprint density at radius 2 is 2.08 bits per heavy atom. The summed E-state index contributed by atoms with van der Waals surface area (Å²) < 4.78 is 1.86. The van der Waals surface area contributed by atoms with E-state index in [9.17, 15) is 9.59 Å². The summed E-state index contributed by atoms with van der Waals surface area (Å²) in [6, 6.07) is 11.7. The molecule has 3 aromatic rings. The van der Waals surface area contributed by atoms with Crippen LogP contribution in [0, 0.1) is 6.92 Å². The number of benzene rings is 1. The predicted molar refractivity (Wildman–Crippen MR) is 92.5 cm³/mol. The molecule has 4 rings (SSSR count). The van der Waals surface area contributed by atoms with Crippen LogP contribution in [0.4, 0.5) is 5.69 Å². The monoisotopic (exact) mass is 319 g/mol. The Kier molecular flexibility index (Phi) is 3.23. The fraction of sp³-hybridized carbons (Fsp3) is 0.211. The molecule has 0 saturated carbocycles. The average Bonchev–Trinajstić information content (AvgIpc) is 3.15. The number of hydrogen-bond acceptors (Lipinski definition) is 3. The molecule has 0 aliphatic carbocycles. The summed E-state index contributed by atoms with van der Waals surface area (Å²) in [7, 11) is 0. The first-order chi connectivity index (χ1) is 11.6. The number of fused-ring (bicyclic) bond motifs is 2. The van der Waals surface area contributed by atoms with Gasteiger partial charge in [0.05, 0.1) is 0 Å². The number of hydrogen-bond donors (Lipinski definition) is 0. The fourth-order valence-corrected chi connectivity index (χ4v) is 3.46. The van der Waals surface area contributed by atoms with Gasteiger partial charge in [0, 0.05) is 30.4 Å². The van der Waals surface area contributed by atoms with E-state index >= 15 is 0 Å². The SMILES string of the molecule is CC(=O)N1CCc2ccc(-c3nc4cccc(C)n4c3C=O)cc21. The summed E-state index contributed by atoms with van der Waals surface area (Å²) in [6.45, 7) is 4.23. The van der Waals surface area contributed by atoms with Gasteiger partial charge in [0.2, 0.25) is 5.91 Å². The van der Waals surface area contributed by atoms with E-state index in [4.69, 9.17) is 0 Å². The van der Waals surface area contributed by atoms with Gasteiger partial charge in [-0.05, 0) is 37.1 Å². The fourth-order valence-electron chi connectivity index (χ4n) is 3.46. The molecule has 2 aromatic heterocycles. The van der Waals surface area contributed by atoms with Crippen LogP contribution >= 0.6 is 0 Å². The summed E-state index contributed by atoms with van der Waals surface area (Å²) in [5, 5.41) is 0. The van der Waals surface area contributed by atoms with Gasteiger partial charge < -0.3 is 4.90 Å². The van der Waals surface area contributed by atoms with Gasteiger partial charge in [0.1, 0.15) is 17.0 Å². The predicted octanol–water partition coefficient (Wildman–Crippen LogP) is 3.03. The molecule has 120 valence electrons. The number of aromatic nitrogens is 2. The molecule has 0 N–H and O–H groups in total. The summed E-state index contributed by atoms with van der Waals surface area (Å²) in [5.74, 6) is 0.0346. The van der Waals surface area contributed by atoms with Crippen molar-refractivity contribution in [1.82, 2.24) is 9.38 Å². The molecule has 1 amide bonds. The Morgan fingerprint density at radius 3 is 2.83 bits per heavy atom. The van der Waals surface area contributed by atoms with Crippen LogP contribution in [-0.2, 0) is 11.2 Å². The van der Waals surface area contributed by atoms with Crippen LogP contribution in [0.1, 0.15) is 28.7 Å². The highest BCUT2D eigenvalue weighted by Gasteiger charge is 2.24. The molecule has 5 nitrogen and oxygen atoms in total. The number of nitrogens with zero attached hydrogens (tertiary/aromatic N) is 3. The molecule has 3 heterocycles. The number of carbonyl (C=O) groups is 2. The third-order valence-electron chi connectivity index (χ3n) is 4.62. The topological polar surface area (TPSA) is 54.7 Å². The van der Waals surface area contributed by atoms with E-state index in [1.807, 2.05) is 47.7 Å². The summed E-state index contributed by atoms with van der Waals surface area (Å²) in [4.78, 5) is 29.9. The van der Waals surface area contributed by atoms with Crippen molar-refractivity contribution in [2.24, 2.45) is 0 Å². The smallest absolute Gasteiger partial charge is 0.223 e. The number of aryl methyl sites for hydroxylation is 1. The molecular formula is C19H17N3O2. The van der Waals surface area contributed by atoms with Gasteiger partial charge in [0.25, 0.3) is 0 Å². The number of anilines is 1. The lowest BCUT2D eigenvalue weighted by Crippen LogP contribution is -2.25. The van der Waals surface area contributed by atoms with Gasteiger partial charge in [-0.1, -0.05) is 18.2 Å². The quantitative estimate of drug-likeness (QED) is 0.682. The first kappa shape index (κ1) is 14.6. The van der Waals surface area contributed by atoms with Crippen LogP contribution in [0.5, 0.6) is 0 Å². The largest absolute Gasteiger partial charge is 0.312 e. The van der Waals surface area contributed by atoms with Crippen molar-refractivity contribution in [1.29, 1.82) is 0 Å². The Labute approximate surface area is 139 Å². The first-order valence-electron chi connectivity index (χ1n) is 7.95. The third-order valence-corrected chi connectivity index (χ3v) is 4.62. The summed E-state index contributed by atoms with van der Waals surface area (Å²) >= 11 is 0. The average molecular weight is 319 g/mol. The van der Waals surface area contributed by atoms with E-state index in [0.717, 1.165) is 40.9 Å². The summed E-state index contributed by atoms with van der Waals surface area (Å²) in [5.41, 5.74) is 5.82. The van der Waals surface area contributed by atoms with Crippen LogP contribution in [0.25, 0.3) is 16.9 Å². The molecule has 24 heavy (non-hydrogen) atoms. The second kappa shape index (κ2) is 5.30. The van der Waals surface area contributed by atoms with Gasteiger partial charge in [-0.3, -0.25) is 14.0 Å². The zero-order valence-corrected chi connectivity index (χ0v) is 13.6. The van der Waals surface area contributed by atoms with Gasteiger partial charge in [-0.15, -0.1) is 0 Å². The van der Waals surface area contributed by atoms with Gasteiger partial charge in [0.15, 0.2) is 6.29 Å². The zero-order chi connectivity index (χ0) is 16.8. The van der Waals surface area contributed by atoms with Crippen LogP contribution in [0.3, 0.4) is 0 Å².